The first kappa shape index (κ1) is 14.3. The average molecular weight is 237 g/mol. The minimum atomic E-state index is 0.309. The zero-order valence-electron chi connectivity index (χ0n) is 11.6. The number of allylic oxidation sites excluding steroid dienone is 2. The standard InChI is InChI=1S/C15H27NO/c1-4-7-8-9-10-13-11-14(13)12-16(6-3)15(17)5-2/h7-8,13-14H,4-6,9-12H2,1-3H3. The number of rotatable bonds is 8. The molecule has 0 aromatic rings. The topological polar surface area (TPSA) is 20.3 Å². The molecule has 1 aliphatic rings. The molecule has 0 bridgehead atoms. The highest BCUT2D eigenvalue weighted by atomic mass is 16.2. The third-order valence-corrected chi connectivity index (χ3v) is 3.67. The minimum absolute atomic E-state index is 0.309. The van der Waals surface area contributed by atoms with Gasteiger partial charge < -0.3 is 4.90 Å². The molecule has 2 heteroatoms. The van der Waals surface area contributed by atoms with Crippen molar-refractivity contribution in [3.63, 3.8) is 0 Å². The number of nitrogens with zero attached hydrogens (tertiary/aromatic N) is 1. The molecule has 1 fully saturated rings. The molecule has 2 atom stereocenters. The van der Waals surface area contributed by atoms with Crippen LogP contribution in [0.15, 0.2) is 12.2 Å². The number of hydrogen-bond acceptors (Lipinski definition) is 1. The van der Waals surface area contributed by atoms with Crippen molar-refractivity contribution in [2.45, 2.75) is 52.9 Å². The van der Waals surface area contributed by atoms with E-state index in [0.717, 1.165) is 31.3 Å². The summed E-state index contributed by atoms with van der Waals surface area (Å²) in [5, 5.41) is 0. The van der Waals surface area contributed by atoms with E-state index in [-0.39, 0.29) is 0 Å². The predicted molar refractivity (Wildman–Crippen MR) is 72.8 cm³/mol. The fraction of sp³-hybridized carbons (Fsp3) is 0.800. The Morgan fingerprint density at radius 1 is 1.24 bits per heavy atom. The minimum Gasteiger partial charge on any atom is -0.343 e. The van der Waals surface area contributed by atoms with Crippen LogP contribution < -0.4 is 0 Å². The fourth-order valence-corrected chi connectivity index (χ4v) is 2.40. The normalized spacial score (nSPS) is 23.0. The van der Waals surface area contributed by atoms with Crippen LogP contribution in [0.3, 0.4) is 0 Å². The molecule has 1 aliphatic carbocycles. The number of carbonyl (C=O) groups excluding carboxylic acids is 1. The molecule has 1 rings (SSSR count). The van der Waals surface area contributed by atoms with E-state index < -0.39 is 0 Å². The van der Waals surface area contributed by atoms with Crippen LogP contribution in [-0.4, -0.2) is 23.9 Å². The van der Waals surface area contributed by atoms with E-state index in [1.54, 1.807) is 0 Å². The van der Waals surface area contributed by atoms with E-state index in [0.29, 0.717) is 12.3 Å². The van der Waals surface area contributed by atoms with Crippen LogP contribution in [0.5, 0.6) is 0 Å². The van der Waals surface area contributed by atoms with Gasteiger partial charge in [0.1, 0.15) is 0 Å². The van der Waals surface area contributed by atoms with E-state index in [2.05, 4.69) is 26.0 Å². The third-order valence-electron chi connectivity index (χ3n) is 3.67. The van der Waals surface area contributed by atoms with Crippen LogP contribution in [0.25, 0.3) is 0 Å². The Hall–Kier alpha value is -0.790. The zero-order chi connectivity index (χ0) is 12.7. The van der Waals surface area contributed by atoms with Gasteiger partial charge in [-0.25, -0.2) is 0 Å². The summed E-state index contributed by atoms with van der Waals surface area (Å²) in [5.74, 6) is 1.96. The number of carbonyl (C=O) groups is 1. The van der Waals surface area contributed by atoms with Gasteiger partial charge in [0.15, 0.2) is 0 Å². The van der Waals surface area contributed by atoms with Crippen molar-refractivity contribution in [3.05, 3.63) is 12.2 Å². The molecule has 2 unspecified atom stereocenters. The van der Waals surface area contributed by atoms with Crippen LogP contribution in [-0.2, 0) is 4.79 Å². The Morgan fingerprint density at radius 2 is 2.00 bits per heavy atom. The Kier molecular flexibility index (Phi) is 6.31. The maximum atomic E-state index is 11.6. The van der Waals surface area contributed by atoms with Crippen molar-refractivity contribution in [1.82, 2.24) is 4.90 Å². The molecule has 2 nitrogen and oxygen atoms in total. The Bertz CT molecular complexity index is 260. The zero-order valence-corrected chi connectivity index (χ0v) is 11.6. The van der Waals surface area contributed by atoms with Crippen LogP contribution in [0, 0.1) is 11.8 Å². The molecule has 0 aromatic heterocycles. The lowest BCUT2D eigenvalue weighted by molar-refractivity contribution is -0.130. The first-order valence-corrected chi connectivity index (χ1v) is 7.15. The fourth-order valence-electron chi connectivity index (χ4n) is 2.40. The van der Waals surface area contributed by atoms with E-state index in [4.69, 9.17) is 0 Å². The Labute approximate surface area is 106 Å². The van der Waals surface area contributed by atoms with E-state index in [1.807, 2.05) is 11.8 Å². The highest BCUT2D eigenvalue weighted by Gasteiger charge is 2.37. The lowest BCUT2D eigenvalue weighted by atomic mass is 10.1. The van der Waals surface area contributed by atoms with Crippen LogP contribution >= 0.6 is 0 Å². The summed E-state index contributed by atoms with van der Waals surface area (Å²) in [6.45, 7) is 8.06. The van der Waals surface area contributed by atoms with Gasteiger partial charge in [0, 0.05) is 19.5 Å². The van der Waals surface area contributed by atoms with Gasteiger partial charge in [0.25, 0.3) is 0 Å². The number of amides is 1. The van der Waals surface area contributed by atoms with Gasteiger partial charge in [-0.3, -0.25) is 4.79 Å². The molecular formula is C15H27NO. The lowest BCUT2D eigenvalue weighted by Gasteiger charge is -2.20. The molecular weight excluding hydrogens is 210 g/mol. The maximum Gasteiger partial charge on any atom is 0.222 e. The molecule has 0 aliphatic heterocycles. The number of hydrogen-bond donors (Lipinski definition) is 0. The monoisotopic (exact) mass is 237 g/mol. The van der Waals surface area contributed by atoms with E-state index >= 15 is 0 Å². The summed E-state index contributed by atoms with van der Waals surface area (Å²) in [5.41, 5.74) is 0. The van der Waals surface area contributed by atoms with Gasteiger partial charge in [-0.2, -0.15) is 0 Å². The van der Waals surface area contributed by atoms with Crippen LogP contribution in [0.1, 0.15) is 52.9 Å². The van der Waals surface area contributed by atoms with Crippen molar-refractivity contribution < 1.29 is 4.79 Å². The molecule has 0 N–H and O–H groups in total. The third kappa shape index (κ3) is 4.93. The first-order valence-electron chi connectivity index (χ1n) is 7.15. The second-order valence-corrected chi connectivity index (χ2v) is 5.00. The first-order chi connectivity index (χ1) is 8.22. The summed E-state index contributed by atoms with van der Waals surface area (Å²) in [6.07, 6.45) is 10.2. The molecule has 0 heterocycles. The molecule has 17 heavy (non-hydrogen) atoms. The van der Waals surface area contributed by atoms with Crippen molar-refractivity contribution in [1.29, 1.82) is 0 Å². The van der Waals surface area contributed by atoms with Crippen molar-refractivity contribution in [2.24, 2.45) is 11.8 Å². The highest BCUT2D eigenvalue weighted by molar-refractivity contribution is 5.75. The maximum absolute atomic E-state index is 11.6. The van der Waals surface area contributed by atoms with Crippen LogP contribution in [0.2, 0.25) is 0 Å². The second-order valence-electron chi connectivity index (χ2n) is 5.00. The summed E-state index contributed by atoms with van der Waals surface area (Å²) < 4.78 is 0. The quantitative estimate of drug-likeness (QED) is 0.590. The van der Waals surface area contributed by atoms with Crippen molar-refractivity contribution in [2.75, 3.05) is 13.1 Å². The molecule has 0 radical (unpaired) electrons. The lowest BCUT2D eigenvalue weighted by Crippen LogP contribution is -2.32. The van der Waals surface area contributed by atoms with E-state index in [9.17, 15) is 4.79 Å². The van der Waals surface area contributed by atoms with Gasteiger partial charge in [-0.05, 0) is 44.4 Å². The molecule has 98 valence electrons. The predicted octanol–water partition coefficient (Wildman–Crippen LogP) is 3.63. The Balaban J connectivity index is 2.18. The SMILES string of the molecule is CCC=CCCC1CC1CN(CC)C(=O)CC. The largest absolute Gasteiger partial charge is 0.343 e. The summed E-state index contributed by atoms with van der Waals surface area (Å²) in [4.78, 5) is 13.6. The van der Waals surface area contributed by atoms with Gasteiger partial charge in [0.2, 0.25) is 5.91 Å². The summed E-state index contributed by atoms with van der Waals surface area (Å²) in [6, 6.07) is 0. The van der Waals surface area contributed by atoms with Gasteiger partial charge >= 0.3 is 0 Å². The van der Waals surface area contributed by atoms with Crippen molar-refractivity contribution in [3.8, 4) is 0 Å². The summed E-state index contributed by atoms with van der Waals surface area (Å²) in [7, 11) is 0. The van der Waals surface area contributed by atoms with Gasteiger partial charge in [0.05, 0.1) is 0 Å². The summed E-state index contributed by atoms with van der Waals surface area (Å²) >= 11 is 0. The second kappa shape index (κ2) is 7.52. The molecule has 0 aromatic carbocycles. The highest BCUT2D eigenvalue weighted by Crippen LogP contribution is 2.42. The van der Waals surface area contributed by atoms with Gasteiger partial charge in [-0.1, -0.05) is 26.0 Å². The molecule has 1 saturated carbocycles. The van der Waals surface area contributed by atoms with Crippen LogP contribution in [0.4, 0.5) is 0 Å². The molecule has 0 saturated heterocycles. The Morgan fingerprint density at radius 3 is 2.59 bits per heavy atom. The van der Waals surface area contributed by atoms with Gasteiger partial charge in [-0.15, -0.1) is 0 Å². The van der Waals surface area contributed by atoms with Crippen molar-refractivity contribution >= 4 is 5.91 Å². The smallest absolute Gasteiger partial charge is 0.222 e. The molecule has 1 amide bonds. The molecule has 0 spiro atoms. The van der Waals surface area contributed by atoms with E-state index in [1.165, 1.54) is 19.3 Å². The average Bonchev–Trinajstić information content (AvgIpc) is 3.09.